The van der Waals surface area contributed by atoms with E-state index in [0.29, 0.717) is 24.7 Å². The molecule has 0 amide bonds. The van der Waals surface area contributed by atoms with Gasteiger partial charge in [-0.25, -0.2) is 9.67 Å². The maximum atomic E-state index is 12.0. The van der Waals surface area contributed by atoms with Gasteiger partial charge in [0.1, 0.15) is 12.4 Å². The molecule has 0 aromatic carbocycles. The molecule has 6 nitrogen and oxygen atoms in total. The van der Waals surface area contributed by atoms with Crippen molar-refractivity contribution in [1.82, 2.24) is 14.8 Å². The van der Waals surface area contributed by atoms with Crippen LogP contribution in [0.5, 0.6) is 0 Å². The average Bonchev–Trinajstić information content (AvgIpc) is 2.81. The lowest BCUT2D eigenvalue weighted by molar-refractivity contribution is 0.0805. The Balaban J connectivity index is 2.31. The fraction of sp³-hybridized carbons (Fsp3) is 0.562. The second-order valence-electron chi connectivity index (χ2n) is 7.18. The first kappa shape index (κ1) is 17.6. The van der Waals surface area contributed by atoms with Gasteiger partial charge >= 0.3 is 0 Å². The number of aromatic nitrogens is 3. The van der Waals surface area contributed by atoms with Gasteiger partial charge in [0.2, 0.25) is 0 Å². The van der Waals surface area contributed by atoms with Crippen molar-refractivity contribution in [2.45, 2.75) is 39.3 Å². The number of hydrogen-bond acceptors (Lipinski definition) is 5. The van der Waals surface area contributed by atoms with Gasteiger partial charge in [0.25, 0.3) is 0 Å². The average molecular weight is 334 g/mol. The first-order chi connectivity index (χ1) is 10.7. The third kappa shape index (κ3) is 4.17. The van der Waals surface area contributed by atoms with E-state index in [1.807, 2.05) is 25.1 Å². The summed E-state index contributed by atoms with van der Waals surface area (Å²) in [6, 6.07) is 3.00. The molecular formula is C16H26N4O2Si. The lowest BCUT2D eigenvalue weighted by Gasteiger charge is -2.15. The number of anilines is 1. The molecule has 7 heteroatoms. The molecule has 0 aliphatic heterocycles. The lowest BCUT2D eigenvalue weighted by Crippen LogP contribution is -2.22. The number of pyridine rings is 1. The minimum Gasteiger partial charge on any atom is -0.377 e. The van der Waals surface area contributed by atoms with Crippen LogP contribution in [-0.2, 0) is 11.5 Å². The number of nitrogens with zero attached hydrogens (tertiary/aromatic N) is 4. The van der Waals surface area contributed by atoms with E-state index in [9.17, 15) is 4.79 Å². The first-order valence-corrected chi connectivity index (χ1v) is 11.5. The van der Waals surface area contributed by atoms with Crippen LogP contribution < -0.4 is 4.90 Å². The van der Waals surface area contributed by atoms with Crippen LogP contribution in [0.1, 0.15) is 17.4 Å². The molecule has 0 fully saturated rings. The summed E-state index contributed by atoms with van der Waals surface area (Å²) in [4.78, 5) is 18.3. The maximum absolute atomic E-state index is 12.0. The monoisotopic (exact) mass is 334 g/mol. The van der Waals surface area contributed by atoms with Crippen molar-refractivity contribution in [3.63, 3.8) is 0 Å². The van der Waals surface area contributed by atoms with Crippen molar-refractivity contribution in [2.24, 2.45) is 0 Å². The number of carbonyl (C=O) groups is 1. The zero-order valence-corrected chi connectivity index (χ0v) is 15.9. The smallest absolute Gasteiger partial charge is 0.180 e. The largest absolute Gasteiger partial charge is 0.377 e. The minimum absolute atomic E-state index is 0.0630. The van der Waals surface area contributed by atoms with E-state index >= 15 is 0 Å². The fourth-order valence-corrected chi connectivity index (χ4v) is 3.08. The SMILES string of the molecule is CC(=O)c1nn(COCC[Si](C)(C)C)c2nccc(N(C)C)c12. The van der Waals surface area contributed by atoms with Gasteiger partial charge in [-0.15, -0.1) is 0 Å². The van der Waals surface area contributed by atoms with Crippen molar-refractivity contribution in [3.8, 4) is 0 Å². The van der Waals surface area contributed by atoms with Crippen LogP contribution in [0.15, 0.2) is 12.3 Å². The molecule has 0 N–H and O–H groups in total. The third-order valence-electron chi connectivity index (χ3n) is 3.64. The summed E-state index contributed by atoms with van der Waals surface area (Å²) in [5.74, 6) is -0.0630. The Hall–Kier alpha value is -1.73. The lowest BCUT2D eigenvalue weighted by atomic mass is 10.2. The topological polar surface area (TPSA) is 60.3 Å². The summed E-state index contributed by atoms with van der Waals surface area (Å²) >= 11 is 0. The normalized spacial score (nSPS) is 11.9. The van der Waals surface area contributed by atoms with Crippen LogP contribution in [0.2, 0.25) is 25.7 Å². The zero-order chi connectivity index (χ0) is 17.2. The van der Waals surface area contributed by atoms with E-state index in [1.54, 1.807) is 10.9 Å². The first-order valence-electron chi connectivity index (χ1n) is 7.82. The number of ketones is 1. The van der Waals surface area contributed by atoms with Gasteiger partial charge in [0, 0.05) is 41.9 Å². The Kier molecular flexibility index (Phi) is 5.21. The molecule has 0 bridgehead atoms. The van der Waals surface area contributed by atoms with E-state index in [4.69, 9.17) is 4.74 Å². The van der Waals surface area contributed by atoms with Crippen molar-refractivity contribution in [3.05, 3.63) is 18.0 Å². The predicted octanol–water partition coefficient (Wildman–Crippen LogP) is 3.01. The highest BCUT2D eigenvalue weighted by atomic mass is 28.3. The van der Waals surface area contributed by atoms with Crippen LogP contribution >= 0.6 is 0 Å². The summed E-state index contributed by atoms with van der Waals surface area (Å²) in [5, 5.41) is 5.22. The Bertz CT molecular complexity index is 704. The Labute approximate surface area is 138 Å². The van der Waals surface area contributed by atoms with E-state index < -0.39 is 8.07 Å². The van der Waals surface area contributed by atoms with Gasteiger partial charge in [0.05, 0.1) is 11.1 Å². The molecule has 0 aliphatic rings. The second kappa shape index (κ2) is 6.80. The van der Waals surface area contributed by atoms with Crippen LogP contribution in [0.25, 0.3) is 11.0 Å². The summed E-state index contributed by atoms with van der Waals surface area (Å²) in [7, 11) is 2.77. The molecule has 0 unspecified atom stereocenters. The molecule has 126 valence electrons. The molecule has 0 atom stereocenters. The molecule has 0 radical (unpaired) electrons. The Morgan fingerprint density at radius 1 is 1.35 bits per heavy atom. The molecule has 0 saturated carbocycles. The van der Waals surface area contributed by atoms with Crippen LogP contribution in [-0.4, -0.2) is 49.3 Å². The highest BCUT2D eigenvalue weighted by molar-refractivity contribution is 6.76. The highest BCUT2D eigenvalue weighted by Crippen LogP contribution is 2.27. The molecule has 0 spiro atoms. The number of ether oxygens (including phenoxy) is 1. The van der Waals surface area contributed by atoms with Crippen molar-refractivity contribution >= 4 is 30.6 Å². The van der Waals surface area contributed by atoms with Crippen LogP contribution in [0, 0.1) is 0 Å². The molecular weight excluding hydrogens is 308 g/mol. The number of fused-ring (bicyclic) bond motifs is 1. The second-order valence-corrected chi connectivity index (χ2v) is 12.8. The van der Waals surface area contributed by atoms with E-state index in [1.165, 1.54) is 6.92 Å². The van der Waals surface area contributed by atoms with Gasteiger partial charge < -0.3 is 9.64 Å². The molecule has 0 aliphatic carbocycles. The molecule has 2 aromatic heterocycles. The highest BCUT2D eigenvalue weighted by Gasteiger charge is 2.19. The molecule has 23 heavy (non-hydrogen) atoms. The van der Waals surface area contributed by atoms with Gasteiger partial charge in [-0.3, -0.25) is 4.79 Å². The van der Waals surface area contributed by atoms with E-state index in [2.05, 4.69) is 29.7 Å². The van der Waals surface area contributed by atoms with Crippen molar-refractivity contribution < 1.29 is 9.53 Å². The van der Waals surface area contributed by atoms with Gasteiger partial charge in [0.15, 0.2) is 11.4 Å². The van der Waals surface area contributed by atoms with Gasteiger partial charge in [-0.05, 0) is 12.1 Å². The van der Waals surface area contributed by atoms with Crippen LogP contribution in [0.4, 0.5) is 5.69 Å². The summed E-state index contributed by atoms with van der Waals surface area (Å²) in [5.41, 5.74) is 2.08. The van der Waals surface area contributed by atoms with Crippen LogP contribution in [0.3, 0.4) is 0 Å². The molecule has 2 heterocycles. The number of rotatable bonds is 7. The fourth-order valence-electron chi connectivity index (χ4n) is 2.32. The predicted molar refractivity (Wildman–Crippen MR) is 96.0 cm³/mol. The molecule has 2 rings (SSSR count). The number of Topliss-reactive ketones (excluding diaryl/α,β-unsaturated/α-hetero) is 1. The Morgan fingerprint density at radius 3 is 2.61 bits per heavy atom. The van der Waals surface area contributed by atoms with E-state index in [0.717, 1.165) is 17.1 Å². The summed E-state index contributed by atoms with van der Waals surface area (Å²) in [6.07, 6.45) is 1.74. The van der Waals surface area contributed by atoms with Gasteiger partial charge in [-0.1, -0.05) is 19.6 Å². The number of hydrogen-bond donors (Lipinski definition) is 0. The van der Waals surface area contributed by atoms with Gasteiger partial charge in [-0.2, -0.15) is 5.10 Å². The van der Waals surface area contributed by atoms with Crippen molar-refractivity contribution in [1.29, 1.82) is 0 Å². The molecule has 0 saturated heterocycles. The maximum Gasteiger partial charge on any atom is 0.180 e. The zero-order valence-electron chi connectivity index (χ0n) is 14.9. The summed E-state index contributed by atoms with van der Waals surface area (Å²) in [6.45, 7) is 9.51. The standard InChI is InChI=1S/C16H26N4O2Si/c1-12(21)15-14-13(19(2)3)7-8-17-16(14)20(18-15)11-22-9-10-23(4,5)6/h7-8H,9-11H2,1-6H3. The molecule has 2 aromatic rings. The van der Waals surface area contributed by atoms with Crippen molar-refractivity contribution in [2.75, 3.05) is 25.6 Å². The quantitative estimate of drug-likeness (QED) is 0.442. The van der Waals surface area contributed by atoms with E-state index in [-0.39, 0.29) is 5.78 Å². The third-order valence-corrected chi connectivity index (χ3v) is 5.34. The summed E-state index contributed by atoms with van der Waals surface area (Å²) < 4.78 is 7.45. The minimum atomic E-state index is -1.12. The number of carbonyl (C=O) groups excluding carboxylic acids is 1. The Morgan fingerprint density at radius 2 is 2.04 bits per heavy atom.